The van der Waals surface area contributed by atoms with Gasteiger partial charge in [0.1, 0.15) is 11.5 Å². The number of aryl methyl sites for hydroxylation is 2. The van der Waals surface area contributed by atoms with E-state index in [4.69, 9.17) is 4.74 Å². The lowest BCUT2D eigenvalue weighted by molar-refractivity contribution is -0.136. The van der Waals surface area contributed by atoms with Gasteiger partial charge in [-0.25, -0.2) is 8.42 Å². The highest BCUT2D eigenvalue weighted by Gasteiger charge is 2.34. The first kappa shape index (κ1) is 21.4. The van der Waals surface area contributed by atoms with E-state index in [9.17, 15) is 23.1 Å². The Morgan fingerprint density at radius 2 is 1.75 bits per heavy atom. The minimum absolute atomic E-state index is 0.108. The summed E-state index contributed by atoms with van der Waals surface area (Å²) in [6.07, 6.45) is 0.174. The number of hydrogen-bond acceptors (Lipinski definition) is 5. The number of hydrogen-bond donors (Lipinski definition) is 2. The van der Waals surface area contributed by atoms with Crippen molar-refractivity contribution in [3.63, 3.8) is 0 Å². The molecular formula is C20H23NO6S. The summed E-state index contributed by atoms with van der Waals surface area (Å²) in [7, 11) is -2.77. The van der Waals surface area contributed by atoms with E-state index in [1.54, 1.807) is 24.3 Å². The number of para-hydroxylation sites is 2. The average molecular weight is 405 g/mol. The van der Waals surface area contributed by atoms with Crippen molar-refractivity contribution in [2.45, 2.75) is 25.0 Å². The minimum atomic E-state index is -4.19. The number of nitrogens with one attached hydrogen (secondary N) is 1. The van der Waals surface area contributed by atoms with E-state index < -0.39 is 32.7 Å². The number of anilines is 1. The topological polar surface area (TPSA) is 110 Å². The number of sulfone groups is 1. The Labute approximate surface area is 164 Å². The van der Waals surface area contributed by atoms with E-state index in [1.807, 2.05) is 31.2 Å². The van der Waals surface area contributed by atoms with Crippen molar-refractivity contribution in [1.29, 1.82) is 0 Å². The van der Waals surface area contributed by atoms with Crippen LogP contribution in [0, 0.1) is 6.92 Å². The predicted octanol–water partition coefficient (Wildman–Crippen LogP) is 2.44. The number of methoxy groups -OCH3 is 1. The van der Waals surface area contributed by atoms with Crippen LogP contribution in [0.3, 0.4) is 0 Å². The average Bonchev–Trinajstić information content (AvgIpc) is 2.62. The van der Waals surface area contributed by atoms with E-state index in [0.29, 0.717) is 11.4 Å². The molecule has 1 amide bonds. The zero-order valence-corrected chi connectivity index (χ0v) is 16.5. The fourth-order valence-electron chi connectivity index (χ4n) is 2.73. The molecule has 2 N–H and O–H groups in total. The van der Waals surface area contributed by atoms with Gasteiger partial charge in [0.05, 0.1) is 12.8 Å². The van der Waals surface area contributed by atoms with Crippen molar-refractivity contribution >= 4 is 27.4 Å². The highest BCUT2D eigenvalue weighted by Crippen LogP contribution is 2.23. The summed E-state index contributed by atoms with van der Waals surface area (Å²) in [5.41, 5.74) is 2.21. The largest absolute Gasteiger partial charge is 0.495 e. The Morgan fingerprint density at radius 1 is 1.11 bits per heavy atom. The zero-order valence-electron chi connectivity index (χ0n) is 15.7. The first-order valence-corrected chi connectivity index (χ1v) is 10.4. The lowest BCUT2D eigenvalue weighted by Crippen LogP contribution is -2.36. The molecule has 7 nitrogen and oxygen atoms in total. The monoisotopic (exact) mass is 405 g/mol. The third-order valence-electron chi connectivity index (χ3n) is 4.24. The fraction of sp³-hybridized carbons (Fsp3) is 0.300. The maximum atomic E-state index is 12.5. The molecule has 2 rings (SSSR count). The molecule has 0 aliphatic rings. The second kappa shape index (κ2) is 9.36. The van der Waals surface area contributed by atoms with Gasteiger partial charge >= 0.3 is 5.97 Å². The number of rotatable bonds is 9. The number of aliphatic carboxylic acids is 1. The molecule has 0 aliphatic heterocycles. The van der Waals surface area contributed by atoms with E-state index in [0.717, 1.165) is 11.1 Å². The molecule has 0 bridgehead atoms. The number of amides is 1. The first-order chi connectivity index (χ1) is 13.2. The van der Waals surface area contributed by atoms with Gasteiger partial charge in [0.2, 0.25) is 5.91 Å². The van der Waals surface area contributed by atoms with Crippen LogP contribution in [0.1, 0.15) is 17.5 Å². The third-order valence-corrected chi connectivity index (χ3v) is 6.21. The molecule has 0 fully saturated rings. The highest BCUT2D eigenvalue weighted by molar-refractivity contribution is 7.93. The number of ether oxygens (including phenoxy) is 1. The predicted molar refractivity (Wildman–Crippen MR) is 106 cm³/mol. The molecule has 8 heteroatoms. The van der Waals surface area contributed by atoms with E-state index >= 15 is 0 Å². The van der Waals surface area contributed by atoms with Gasteiger partial charge in [-0.3, -0.25) is 9.59 Å². The number of carbonyl (C=O) groups excluding carboxylic acids is 1. The quantitative estimate of drug-likeness (QED) is 0.663. The van der Waals surface area contributed by atoms with Gasteiger partial charge in [0, 0.05) is 0 Å². The smallest absolute Gasteiger partial charge is 0.321 e. The molecule has 0 aliphatic carbocycles. The summed E-state index contributed by atoms with van der Waals surface area (Å²) in [6.45, 7) is 1.93. The summed E-state index contributed by atoms with van der Waals surface area (Å²) in [5, 5.41) is 10.2. The van der Waals surface area contributed by atoms with Crippen molar-refractivity contribution in [2.24, 2.45) is 0 Å². The Bertz CT molecular complexity index is 937. The summed E-state index contributed by atoms with van der Waals surface area (Å²) >= 11 is 0. The van der Waals surface area contributed by atoms with Crippen molar-refractivity contribution in [3.8, 4) is 5.75 Å². The Morgan fingerprint density at radius 3 is 2.36 bits per heavy atom. The molecular weight excluding hydrogens is 382 g/mol. The van der Waals surface area contributed by atoms with E-state index in [2.05, 4.69) is 5.32 Å². The van der Waals surface area contributed by atoms with Crippen molar-refractivity contribution < 1.29 is 27.9 Å². The SMILES string of the molecule is COc1ccccc1NC(=O)CS(=O)(=O)C(CCc1ccc(C)cc1)C(=O)O. The van der Waals surface area contributed by atoms with Gasteiger partial charge < -0.3 is 15.2 Å². The van der Waals surface area contributed by atoms with Crippen LogP contribution in [-0.2, 0) is 25.8 Å². The second-order valence-corrected chi connectivity index (χ2v) is 8.59. The van der Waals surface area contributed by atoms with Crippen molar-refractivity contribution in [3.05, 3.63) is 59.7 Å². The molecule has 28 heavy (non-hydrogen) atoms. The molecule has 0 spiro atoms. The number of carboxylic acids is 1. The zero-order chi connectivity index (χ0) is 20.7. The molecule has 0 saturated heterocycles. The summed E-state index contributed by atoms with van der Waals surface area (Å²) in [6, 6.07) is 14.0. The second-order valence-electron chi connectivity index (χ2n) is 6.41. The van der Waals surface area contributed by atoms with E-state index in [-0.39, 0.29) is 12.8 Å². The van der Waals surface area contributed by atoms with Crippen molar-refractivity contribution in [1.82, 2.24) is 0 Å². The first-order valence-electron chi connectivity index (χ1n) is 8.65. The van der Waals surface area contributed by atoms with Gasteiger partial charge in [-0.15, -0.1) is 0 Å². The third kappa shape index (κ3) is 5.82. The van der Waals surface area contributed by atoms with Gasteiger partial charge in [-0.1, -0.05) is 42.0 Å². The maximum Gasteiger partial charge on any atom is 0.321 e. The van der Waals surface area contributed by atoms with E-state index in [1.165, 1.54) is 7.11 Å². The Hall–Kier alpha value is -2.87. The Kier molecular flexibility index (Phi) is 7.17. The van der Waals surface area contributed by atoms with Gasteiger partial charge in [-0.2, -0.15) is 0 Å². The van der Waals surface area contributed by atoms with Crippen molar-refractivity contribution in [2.75, 3.05) is 18.2 Å². The fourth-order valence-corrected chi connectivity index (χ4v) is 4.15. The molecule has 1 unspecified atom stereocenters. The Balaban J connectivity index is 2.06. The van der Waals surface area contributed by atoms with Crippen LogP contribution in [0.5, 0.6) is 5.75 Å². The van der Waals surface area contributed by atoms with Crippen LogP contribution in [0.25, 0.3) is 0 Å². The van der Waals surface area contributed by atoms with Crippen LogP contribution < -0.4 is 10.1 Å². The molecule has 0 saturated carbocycles. The molecule has 0 aromatic heterocycles. The van der Waals surface area contributed by atoms with Gasteiger partial charge in [0.25, 0.3) is 0 Å². The molecule has 2 aromatic rings. The molecule has 150 valence electrons. The normalized spacial score (nSPS) is 12.2. The van der Waals surface area contributed by atoms with Crippen LogP contribution in [0.4, 0.5) is 5.69 Å². The van der Waals surface area contributed by atoms with Crippen LogP contribution in [0.15, 0.2) is 48.5 Å². The van der Waals surface area contributed by atoms with Crippen LogP contribution in [-0.4, -0.2) is 43.5 Å². The summed E-state index contributed by atoms with van der Waals surface area (Å²) < 4.78 is 30.2. The minimum Gasteiger partial charge on any atom is -0.495 e. The standard InChI is InChI=1S/C20H23NO6S/c1-14-7-9-15(10-8-14)11-12-18(20(23)24)28(25,26)13-19(22)21-16-5-3-4-6-17(16)27-2/h3-10,18H,11-13H2,1-2H3,(H,21,22)(H,23,24). The van der Waals surface area contributed by atoms with Gasteiger partial charge in [0.15, 0.2) is 15.1 Å². The molecule has 0 radical (unpaired) electrons. The maximum absolute atomic E-state index is 12.5. The van der Waals surface area contributed by atoms with Gasteiger partial charge in [-0.05, 0) is 37.5 Å². The summed E-state index contributed by atoms with van der Waals surface area (Å²) in [5.74, 6) is -2.82. The van der Waals surface area contributed by atoms with Crippen LogP contribution in [0.2, 0.25) is 0 Å². The number of carboxylic acid groups (broad SMARTS) is 1. The highest BCUT2D eigenvalue weighted by atomic mass is 32.2. The lowest BCUT2D eigenvalue weighted by atomic mass is 10.1. The summed E-state index contributed by atoms with van der Waals surface area (Å²) in [4.78, 5) is 23.7. The lowest BCUT2D eigenvalue weighted by Gasteiger charge is -2.14. The molecule has 2 aromatic carbocycles. The molecule has 0 heterocycles. The van der Waals surface area contributed by atoms with Crippen LogP contribution >= 0.6 is 0 Å². The molecule has 1 atom stereocenters. The number of carbonyl (C=O) groups is 2. The number of benzene rings is 2.